The molecule has 0 saturated heterocycles. The standard InChI is InChI=1S/C29H32N2/c1-20-14-10-13-19-25(20)30-21(2)26-23-17-11-12-18-24(23)29(6,22-15-8-7-9-16-22)31(26)27(30)28(3,4)5/h7-19,27H,1-6H3. The van der Waals surface area contributed by atoms with E-state index in [0.29, 0.717) is 0 Å². The number of fused-ring (bicyclic) bond motifs is 3. The monoisotopic (exact) mass is 408 g/mol. The molecular formula is C29H32N2. The molecule has 0 bridgehead atoms. The van der Waals surface area contributed by atoms with Crippen molar-refractivity contribution >= 4 is 11.4 Å². The molecule has 0 aliphatic carbocycles. The summed E-state index contributed by atoms with van der Waals surface area (Å²) in [5.41, 5.74) is 9.21. The Hall–Kier alpha value is -3.00. The molecule has 2 atom stereocenters. The highest BCUT2D eigenvalue weighted by Crippen LogP contribution is 2.58. The zero-order chi connectivity index (χ0) is 22.0. The predicted molar refractivity (Wildman–Crippen MR) is 131 cm³/mol. The highest BCUT2D eigenvalue weighted by molar-refractivity contribution is 5.84. The Morgan fingerprint density at radius 2 is 1.39 bits per heavy atom. The van der Waals surface area contributed by atoms with Crippen molar-refractivity contribution in [1.29, 1.82) is 0 Å². The predicted octanol–water partition coefficient (Wildman–Crippen LogP) is 7.16. The molecule has 2 aliphatic heterocycles. The maximum atomic E-state index is 2.70. The Labute approximate surface area is 186 Å². The van der Waals surface area contributed by atoms with Gasteiger partial charge in [0.1, 0.15) is 6.17 Å². The van der Waals surface area contributed by atoms with Crippen LogP contribution in [0, 0.1) is 12.3 Å². The lowest BCUT2D eigenvalue weighted by Gasteiger charge is -2.49. The number of benzene rings is 3. The number of aryl methyl sites for hydroxylation is 1. The van der Waals surface area contributed by atoms with Crippen LogP contribution in [-0.4, -0.2) is 11.1 Å². The first-order valence-electron chi connectivity index (χ1n) is 11.3. The van der Waals surface area contributed by atoms with Crippen LogP contribution in [0.3, 0.4) is 0 Å². The Balaban J connectivity index is 1.84. The normalized spacial score (nSPS) is 22.7. The molecule has 0 N–H and O–H groups in total. The van der Waals surface area contributed by atoms with Crippen LogP contribution in [0.5, 0.6) is 0 Å². The van der Waals surface area contributed by atoms with Crippen LogP contribution in [0.1, 0.15) is 56.9 Å². The van der Waals surface area contributed by atoms with E-state index in [1.165, 1.54) is 39.3 Å². The SMILES string of the molecule is CC1=C2c3ccccc3C(C)(c3ccccc3)N2C(C(C)(C)C)N1c1ccccc1C. The van der Waals surface area contributed by atoms with Crippen LogP contribution < -0.4 is 4.90 Å². The Morgan fingerprint density at radius 1 is 0.774 bits per heavy atom. The van der Waals surface area contributed by atoms with E-state index in [2.05, 4.69) is 130 Å². The molecule has 2 heteroatoms. The van der Waals surface area contributed by atoms with E-state index in [1.807, 2.05) is 0 Å². The Bertz CT molecular complexity index is 1170. The van der Waals surface area contributed by atoms with Crippen LogP contribution in [0.25, 0.3) is 5.70 Å². The van der Waals surface area contributed by atoms with Gasteiger partial charge < -0.3 is 9.80 Å². The van der Waals surface area contributed by atoms with Gasteiger partial charge >= 0.3 is 0 Å². The average molecular weight is 409 g/mol. The zero-order valence-electron chi connectivity index (χ0n) is 19.5. The highest BCUT2D eigenvalue weighted by atomic mass is 15.5. The van der Waals surface area contributed by atoms with Gasteiger partial charge in [0, 0.05) is 22.4 Å². The van der Waals surface area contributed by atoms with Crippen LogP contribution in [0.4, 0.5) is 5.69 Å². The van der Waals surface area contributed by atoms with Gasteiger partial charge in [-0.3, -0.25) is 0 Å². The average Bonchev–Trinajstić information content (AvgIpc) is 3.21. The molecule has 3 aromatic rings. The van der Waals surface area contributed by atoms with Gasteiger partial charge in [-0.15, -0.1) is 0 Å². The Kier molecular flexibility index (Phi) is 4.34. The molecule has 0 amide bonds. The van der Waals surface area contributed by atoms with E-state index in [4.69, 9.17) is 0 Å². The molecule has 2 unspecified atom stereocenters. The first-order valence-corrected chi connectivity index (χ1v) is 11.3. The first kappa shape index (κ1) is 19.9. The minimum Gasteiger partial charge on any atom is -0.335 e. The smallest absolute Gasteiger partial charge is 0.112 e. The summed E-state index contributed by atoms with van der Waals surface area (Å²) in [6.07, 6.45) is 0.196. The second kappa shape index (κ2) is 6.75. The van der Waals surface area contributed by atoms with E-state index in [0.717, 1.165) is 0 Å². The molecular weight excluding hydrogens is 376 g/mol. The number of nitrogens with zero attached hydrogens (tertiary/aromatic N) is 2. The third-order valence-electron chi connectivity index (χ3n) is 7.11. The molecule has 158 valence electrons. The first-order chi connectivity index (χ1) is 14.8. The van der Waals surface area contributed by atoms with Crippen LogP contribution >= 0.6 is 0 Å². The number of para-hydroxylation sites is 1. The summed E-state index contributed by atoms with van der Waals surface area (Å²) >= 11 is 0. The highest BCUT2D eigenvalue weighted by Gasteiger charge is 2.56. The molecule has 3 aromatic carbocycles. The van der Waals surface area contributed by atoms with Crippen LogP contribution in [-0.2, 0) is 5.54 Å². The maximum absolute atomic E-state index is 2.70. The number of rotatable bonds is 2. The van der Waals surface area contributed by atoms with Crippen molar-refractivity contribution in [2.75, 3.05) is 4.90 Å². The summed E-state index contributed by atoms with van der Waals surface area (Å²) in [5, 5.41) is 0. The van der Waals surface area contributed by atoms with Crippen molar-refractivity contribution in [2.24, 2.45) is 5.41 Å². The van der Waals surface area contributed by atoms with Crippen LogP contribution in [0.2, 0.25) is 0 Å². The second-order valence-corrected chi connectivity index (χ2v) is 10.2. The van der Waals surface area contributed by atoms with Crippen molar-refractivity contribution in [3.05, 3.63) is 107 Å². The third kappa shape index (κ3) is 2.70. The molecule has 5 rings (SSSR count). The number of hydrogen-bond donors (Lipinski definition) is 0. The molecule has 0 spiro atoms. The fourth-order valence-corrected chi connectivity index (χ4v) is 5.72. The molecule has 2 nitrogen and oxygen atoms in total. The summed E-state index contributed by atoms with van der Waals surface area (Å²) in [5.74, 6) is 0. The molecule has 2 heterocycles. The lowest BCUT2D eigenvalue weighted by Crippen LogP contribution is -2.55. The fraction of sp³-hybridized carbons (Fsp3) is 0.310. The van der Waals surface area contributed by atoms with Crippen molar-refractivity contribution in [3.8, 4) is 0 Å². The van der Waals surface area contributed by atoms with Gasteiger partial charge in [0.15, 0.2) is 0 Å². The molecule has 2 aliphatic rings. The van der Waals surface area contributed by atoms with Crippen molar-refractivity contribution in [3.63, 3.8) is 0 Å². The molecule has 0 saturated carbocycles. The minimum absolute atomic E-state index is 0.0311. The van der Waals surface area contributed by atoms with E-state index in [1.54, 1.807) is 0 Å². The number of allylic oxidation sites excluding steroid dienone is 1. The van der Waals surface area contributed by atoms with Crippen molar-refractivity contribution in [1.82, 2.24) is 4.90 Å². The van der Waals surface area contributed by atoms with E-state index in [-0.39, 0.29) is 17.1 Å². The summed E-state index contributed by atoms with van der Waals surface area (Å²) in [6.45, 7) is 14.0. The summed E-state index contributed by atoms with van der Waals surface area (Å²) in [7, 11) is 0. The van der Waals surface area contributed by atoms with E-state index < -0.39 is 0 Å². The Morgan fingerprint density at radius 3 is 2.06 bits per heavy atom. The van der Waals surface area contributed by atoms with Gasteiger partial charge in [-0.05, 0) is 43.5 Å². The van der Waals surface area contributed by atoms with Crippen LogP contribution in [0.15, 0.2) is 84.6 Å². The molecule has 31 heavy (non-hydrogen) atoms. The molecule has 0 aromatic heterocycles. The van der Waals surface area contributed by atoms with Gasteiger partial charge in [-0.25, -0.2) is 0 Å². The third-order valence-corrected chi connectivity index (χ3v) is 7.11. The van der Waals surface area contributed by atoms with Gasteiger partial charge in [0.25, 0.3) is 0 Å². The maximum Gasteiger partial charge on any atom is 0.112 e. The second-order valence-electron chi connectivity index (χ2n) is 10.2. The van der Waals surface area contributed by atoms with Crippen molar-refractivity contribution < 1.29 is 0 Å². The summed E-state index contributed by atoms with van der Waals surface area (Å²) in [4.78, 5) is 5.29. The fourth-order valence-electron chi connectivity index (χ4n) is 5.72. The molecule has 0 fully saturated rings. The van der Waals surface area contributed by atoms with Crippen molar-refractivity contribution in [2.45, 2.75) is 53.2 Å². The van der Waals surface area contributed by atoms with E-state index >= 15 is 0 Å². The van der Waals surface area contributed by atoms with Gasteiger partial charge in [-0.2, -0.15) is 0 Å². The van der Waals surface area contributed by atoms with E-state index in [9.17, 15) is 0 Å². The number of anilines is 1. The number of hydrogen-bond acceptors (Lipinski definition) is 2. The quantitative estimate of drug-likeness (QED) is 0.444. The lowest BCUT2D eigenvalue weighted by molar-refractivity contribution is 0.105. The summed E-state index contributed by atoms with van der Waals surface area (Å²) in [6, 6.07) is 28.8. The van der Waals surface area contributed by atoms with Gasteiger partial charge in [-0.1, -0.05) is 93.6 Å². The van der Waals surface area contributed by atoms with Gasteiger partial charge in [0.05, 0.1) is 11.2 Å². The summed E-state index contributed by atoms with van der Waals surface area (Å²) < 4.78 is 0. The zero-order valence-corrected chi connectivity index (χ0v) is 19.5. The topological polar surface area (TPSA) is 6.48 Å². The molecule has 0 radical (unpaired) electrons. The lowest BCUT2D eigenvalue weighted by atomic mass is 9.81. The minimum atomic E-state index is -0.232. The largest absolute Gasteiger partial charge is 0.335 e. The van der Waals surface area contributed by atoms with Gasteiger partial charge in [0.2, 0.25) is 0 Å².